The summed E-state index contributed by atoms with van der Waals surface area (Å²) in [7, 11) is 0. The maximum Gasteiger partial charge on any atom is 0.155 e. The van der Waals surface area contributed by atoms with Crippen molar-refractivity contribution < 1.29 is 18.9 Å². The van der Waals surface area contributed by atoms with E-state index in [1.807, 2.05) is 13.8 Å². The third kappa shape index (κ3) is 3.17. The predicted octanol–water partition coefficient (Wildman–Crippen LogP) is 4.38. The van der Waals surface area contributed by atoms with Crippen molar-refractivity contribution in [1.82, 2.24) is 0 Å². The van der Waals surface area contributed by atoms with Gasteiger partial charge in [0.1, 0.15) is 17.8 Å². The minimum Gasteiger partial charge on any atom is -0.367 e. The first-order valence-electron chi connectivity index (χ1n) is 9.02. The van der Waals surface area contributed by atoms with Crippen LogP contribution in [0, 0.1) is 5.92 Å². The molecule has 0 amide bonds. The summed E-state index contributed by atoms with van der Waals surface area (Å²) in [4.78, 5) is 1.23. The highest BCUT2D eigenvalue weighted by atomic mass is 32.1. The molecule has 0 aliphatic carbocycles. The molecule has 2 fully saturated rings. The van der Waals surface area contributed by atoms with Crippen LogP contribution in [-0.4, -0.2) is 36.3 Å². The second-order valence-corrected chi connectivity index (χ2v) is 8.45. The summed E-state index contributed by atoms with van der Waals surface area (Å²) in [5, 5.41) is 2.08. The molecule has 3 rings (SSSR count). The van der Waals surface area contributed by atoms with Gasteiger partial charge in [-0.15, -0.1) is 11.3 Å². The lowest BCUT2D eigenvalue weighted by atomic mass is 9.73. The Hall–Kier alpha value is -0.460. The topological polar surface area (TPSA) is 36.9 Å². The number of hydrogen-bond donors (Lipinski definition) is 0. The van der Waals surface area contributed by atoms with Gasteiger partial charge in [0, 0.05) is 11.5 Å². The van der Waals surface area contributed by atoms with E-state index < -0.39 is 0 Å². The molecule has 2 aliphatic heterocycles. The zero-order chi connectivity index (χ0) is 17.4. The number of rotatable bonds is 8. The third-order valence-electron chi connectivity index (χ3n) is 5.50. The highest BCUT2D eigenvalue weighted by Crippen LogP contribution is 2.56. The fourth-order valence-electron chi connectivity index (χ4n) is 4.19. The second kappa shape index (κ2) is 7.04. The molecule has 2 aliphatic rings. The first-order valence-corrected chi connectivity index (χ1v) is 9.90. The average molecular weight is 355 g/mol. The summed E-state index contributed by atoms with van der Waals surface area (Å²) in [6.45, 7) is 11.8. The summed E-state index contributed by atoms with van der Waals surface area (Å²) in [5.74, 6) is 0.369. The summed E-state index contributed by atoms with van der Waals surface area (Å²) < 4.78 is 24.9. The average Bonchev–Trinajstić information content (AvgIpc) is 3.19. The maximum atomic E-state index is 6.58. The molecular weight excluding hydrogens is 324 g/mol. The van der Waals surface area contributed by atoms with Crippen molar-refractivity contribution in [2.45, 2.75) is 83.8 Å². The van der Waals surface area contributed by atoms with Crippen LogP contribution < -0.4 is 0 Å². The van der Waals surface area contributed by atoms with Crippen LogP contribution in [0.5, 0.6) is 0 Å². The van der Waals surface area contributed by atoms with Gasteiger partial charge in [-0.3, -0.25) is 0 Å². The monoisotopic (exact) mass is 354 g/mol. The van der Waals surface area contributed by atoms with Gasteiger partial charge in [-0.05, 0) is 51.0 Å². The quantitative estimate of drug-likeness (QED) is 0.649. The van der Waals surface area contributed by atoms with E-state index in [4.69, 9.17) is 18.9 Å². The Morgan fingerprint density at radius 2 is 2.08 bits per heavy atom. The molecule has 2 saturated heterocycles. The van der Waals surface area contributed by atoms with E-state index in [-0.39, 0.29) is 29.7 Å². The Bertz CT molecular complexity index is 531. The molecule has 5 atom stereocenters. The molecule has 3 heterocycles. The largest absolute Gasteiger partial charge is 0.367 e. The molecule has 0 N–H and O–H groups in total. The van der Waals surface area contributed by atoms with Gasteiger partial charge in [0.05, 0.1) is 12.2 Å². The van der Waals surface area contributed by atoms with Crippen LogP contribution >= 0.6 is 11.3 Å². The van der Waals surface area contributed by atoms with Crippen LogP contribution in [0.15, 0.2) is 17.5 Å². The SMILES string of the molecule is CCOC(C)O[C@@H]1[C@@H](OCc2cccs2)[C@]2(C)CC[C@@]1(C(C)C)O2. The smallest absolute Gasteiger partial charge is 0.155 e. The van der Waals surface area contributed by atoms with E-state index in [1.165, 1.54) is 4.88 Å². The third-order valence-corrected chi connectivity index (χ3v) is 6.35. The molecule has 4 nitrogen and oxygen atoms in total. The van der Waals surface area contributed by atoms with Gasteiger partial charge in [0.25, 0.3) is 0 Å². The summed E-state index contributed by atoms with van der Waals surface area (Å²) >= 11 is 1.72. The number of fused-ring (bicyclic) bond motifs is 2. The van der Waals surface area contributed by atoms with Gasteiger partial charge in [-0.2, -0.15) is 0 Å². The summed E-state index contributed by atoms with van der Waals surface area (Å²) in [5.41, 5.74) is -0.557. The van der Waals surface area contributed by atoms with Crippen LogP contribution in [0.1, 0.15) is 52.3 Å². The minimum atomic E-state index is -0.280. The fraction of sp³-hybridized carbons (Fsp3) is 0.789. The summed E-state index contributed by atoms with van der Waals surface area (Å²) in [6, 6.07) is 4.17. The lowest BCUT2D eigenvalue weighted by molar-refractivity contribution is -0.216. The van der Waals surface area contributed by atoms with Crippen molar-refractivity contribution in [3.63, 3.8) is 0 Å². The molecule has 0 spiro atoms. The fourth-order valence-corrected chi connectivity index (χ4v) is 4.81. The lowest BCUT2D eigenvalue weighted by Crippen LogP contribution is -2.54. The van der Waals surface area contributed by atoms with Crippen molar-refractivity contribution in [3.05, 3.63) is 22.4 Å². The van der Waals surface area contributed by atoms with Gasteiger partial charge in [0.15, 0.2) is 6.29 Å². The normalized spacial score (nSPS) is 36.6. The first kappa shape index (κ1) is 18.3. The van der Waals surface area contributed by atoms with Crippen LogP contribution in [0.3, 0.4) is 0 Å². The van der Waals surface area contributed by atoms with Crippen LogP contribution in [0.4, 0.5) is 0 Å². The Kier molecular flexibility index (Phi) is 5.38. The lowest BCUT2D eigenvalue weighted by Gasteiger charge is -2.40. The number of hydrogen-bond acceptors (Lipinski definition) is 5. The molecule has 0 aromatic carbocycles. The zero-order valence-electron chi connectivity index (χ0n) is 15.4. The predicted molar refractivity (Wildman–Crippen MR) is 95.2 cm³/mol. The van der Waals surface area contributed by atoms with Crippen molar-refractivity contribution >= 4 is 11.3 Å². The number of thiophene rings is 1. The van der Waals surface area contributed by atoms with Gasteiger partial charge in [0.2, 0.25) is 0 Å². The number of ether oxygens (including phenoxy) is 4. The zero-order valence-corrected chi connectivity index (χ0v) is 16.2. The van der Waals surface area contributed by atoms with Crippen molar-refractivity contribution in [3.8, 4) is 0 Å². The highest BCUT2D eigenvalue weighted by molar-refractivity contribution is 7.09. The van der Waals surface area contributed by atoms with Gasteiger partial charge >= 0.3 is 0 Å². The Morgan fingerprint density at radius 3 is 2.71 bits per heavy atom. The second-order valence-electron chi connectivity index (χ2n) is 7.42. The minimum absolute atomic E-state index is 0.0707. The molecular formula is C19H30O4S. The van der Waals surface area contributed by atoms with Gasteiger partial charge in [-0.25, -0.2) is 0 Å². The summed E-state index contributed by atoms with van der Waals surface area (Å²) in [6.07, 6.45) is 1.61. The molecule has 136 valence electrons. The van der Waals surface area contributed by atoms with Gasteiger partial charge < -0.3 is 18.9 Å². The Balaban J connectivity index is 1.80. The van der Waals surface area contributed by atoms with Crippen molar-refractivity contribution in [1.29, 1.82) is 0 Å². The van der Waals surface area contributed by atoms with E-state index in [2.05, 4.69) is 38.3 Å². The van der Waals surface area contributed by atoms with Crippen LogP contribution in [0.25, 0.3) is 0 Å². The van der Waals surface area contributed by atoms with Crippen molar-refractivity contribution in [2.75, 3.05) is 6.61 Å². The molecule has 1 unspecified atom stereocenters. The van der Waals surface area contributed by atoms with E-state index >= 15 is 0 Å². The Labute approximate surface area is 149 Å². The van der Waals surface area contributed by atoms with E-state index in [0.717, 1.165) is 12.8 Å². The Morgan fingerprint density at radius 1 is 1.29 bits per heavy atom. The highest BCUT2D eigenvalue weighted by Gasteiger charge is 2.68. The molecule has 2 bridgehead atoms. The standard InChI is InChI=1S/C19H30O4S/c1-6-20-14(4)22-17-16(21-12-15-8-7-11-24-15)18(5)9-10-19(17,23-18)13(2)3/h7-8,11,13-14,16-17H,6,9-10,12H2,1-5H3/t14?,16-,17-,18+,19+/m1/s1. The molecule has 0 saturated carbocycles. The van der Waals surface area contributed by atoms with E-state index in [1.54, 1.807) is 11.3 Å². The molecule has 0 radical (unpaired) electrons. The first-order chi connectivity index (χ1) is 11.4. The van der Waals surface area contributed by atoms with Gasteiger partial charge in [-0.1, -0.05) is 19.9 Å². The van der Waals surface area contributed by atoms with E-state index in [0.29, 0.717) is 19.1 Å². The van der Waals surface area contributed by atoms with Crippen molar-refractivity contribution in [2.24, 2.45) is 5.92 Å². The molecule has 24 heavy (non-hydrogen) atoms. The van der Waals surface area contributed by atoms with Crippen LogP contribution in [-0.2, 0) is 25.6 Å². The maximum absolute atomic E-state index is 6.58. The van der Waals surface area contributed by atoms with Crippen LogP contribution in [0.2, 0.25) is 0 Å². The molecule has 5 heteroatoms. The molecule has 1 aromatic heterocycles. The molecule has 1 aromatic rings. The van der Waals surface area contributed by atoms with E-state index in [9.17, 15) is 0 Å².